The molecule has 0 bridgehead atoms. The molecule has 0 fully saturated rings. The molecule has 20 heavy (non-hydrogen) atoms. The Kier molecular flexibility index (Phi) is 3.37. The predicted molar refractivity (Wildman–Crippen MR) is 71.7 cm³/mol. The van der Waals surface area contributed by atoms with Crippen molar-refractivity contribution in [3.05, 3.63) is 52.8 Å². The number of fused-ring (bicyclic) bond motifs is 1. The van der Waals surface area contributed by atoms with Crippen LogP contribution in [0, 0.1) is 11.6 Å². The molecule has 0 aliphatic rings. The van der Waals surface area contributed by atoms with Gasteiger partial charge in [-0.2, -0.15) is 0 Å². The van der Waals surface area contributed by atoms with E-state index < -0.39 is 17.4 Å². The van der Waals surface area contributed by atoms with Crippen LogP contribution in [0.3, 0.4) is 0 Å². The van der Waals surface area contributed by atoms with E-state index in [1.807, 2.05) is 16.0 Å². The molecule has 0 saturated carbocycles. The van der Waals surface area contributed by atoms with E-state index >= 15 is 0 Å². The van der Waals surface area contributed by atoms with E-state index in [0.717, 1.165) is 4.96 Å². The first-order chi connectivity index (χ1) is 9.67. The molecule has 104 valence electrons. The van der Waals surface area contributed by atoms with Crippen LogP contribution in [0.5, 0.6) is 5.75 Å². The van der Waals surface area contributed by atoms with Gasteiger partial charge in [0.2, 0.25) is 0 Å². The second-order valence-electron chi connectivity index (χ2n) is 4.21. The Balaban J connectivity index is 1.79. The summed E-state index contributed by atoms with van der Waals surface area (Å²) in [6, 6.07) is 2.34. The van der Waals surface area contributed by atoms with Gasteiger partial charge in [-0.25, -0.2) is 13.8 Å². The molecule has 2 heterocycles. The number of hydrogen-bond acceptors (Lipinski definition) is 4. The second-order valence-corrected chi connectivity index (χ2v) is 5.08. The molecular formula is C13H11F2N3OS. The van der Waals surface area contributed by atoms with E-state index in [9.17, 15) is 8.78 Å². The van der Waals surface area contributed by atoms with Crippen LogP contribution < -0.4 is 10.5 Å². The lowest BCUT2D eigenvalue weighted by Crippen LogP contribution is -2.03. The number of nitrogens with two attached hydrogens (primary N) is 1. The average molecular weight is 295 g/mol. The lowest BCUT2D eigenvalue weighted by molar-refractivity contribution is 0.270. The van der Waals surface area contributed by atoms with Crippen LogP contribution in [-0.4, -0.2) is 9.38 Å². The number of rotatable bonds is 4. The molecule has 0 aliphatic heterocycles. The Morgan fingerprint density at radius 1 is 1.30 bits per heavy atom. The number of hydrogen-bond donors (Lipinski definition) is 1. The summed E-state index contributed by atoms with van der Waals surface area (Å²) in [6.45, 7) is 0.0790. The molecule has 0 spiro atoms. The summed E-state index contributed by atoms with van der Waals surface area (Å²) >= 11 is 1.48. The summed E-state index contributed by atoms with van der Waals surface area (Å²) in [7, 11) is 0. The van der Waals surface area contributed by atoms with Crippen LogP contribution in [0.2, 0.25) is 0 Å². The topological polar surface area (TPSA) is 52.5 Å². The van der Waals surface area contributed by atoms with Crippen molar-refractivity contribution in [2.75, 3.05) is 0 Å². The first-order valence-electron chi connectivity index (χ1n) is 5.89. The van der Waals surface area contributed by atoms with Gasteiger partial charge >= 0.3 is 0 Å². The van der Waals surface area contributed by atoms with Crippen molar-refractivity contribution in [2.45, 2.75) is 13.2 Å². The van der Waals surface area contributed by atoms with Gasteiger partial charge in [-0.05, 0) is 17.7 Å². The Hall–Kier alpha value is -1.99. The zero-order chi connectivity index (χ0) is 14.1. The molecular weight excluding hydrogens is 284 g/mol. The maximum atomic E-state index is 13.7. The van der Waals surface area contributed by atoms with Crippen LogP contribution in [0.15, 0.2) is 29.9 Å². The van der Waals surface area contributed by atoms with Crippen molar-refractivity contribution in [3.8, 4) is 5.75 Å². The molecule has 0 atom stereocenters. The molecule has 2 N–H and O–H groups in total. The largest absolute Gasteiger partial charge is 0.481 e. The lowest BCUT2D eigenvalue weighted by Gasteiger charge is -2.08. The SMILES string of the molecule is NCc1cc(F)c(OCc2cn3ccsc3n2)c(F)c1. The van der Waals surface area contributed by atoms with Gasteiger partial charge in [-0.3, -0.25) is 4.40 Å². The zero-order valence-corrected chi connectivity index (χ0v) is 11.2. The Bertz CT molecular complexity index is 701. The van der Waals surface area contributed by atoms with Gasteiger partial charge in [0, 0.05) is 24.3 Å². The summed E-state index contributed by atoms with van der Waals surface area (Å²) in [5.74, 6) is -1.92. The lowest BCUT2D eigenvalue weighted by atomic mass is 10.2. The first-order valence-corrected chi connectivity index (χ1v) is 6.77. The highest BCUT2D eigenvalue weighted by molar-refractivity contribution is 7.15. The Morgan fingerprint density at radius 2 is 2.05 bits per heavy atom. The Labute approximate surface area is 117 Å². The second kappa shape index (κ2) is 5.18. The normalized spacial score (nSPS) is 11.2. The number of halogens is 2. The van der Waals surface area contributed by atoms with E-state index in [1.165, 1.54) is 23.5 Å². The number of benzene rings is 1. The highest BCUT2D eigenvalue weighted by atomic mass is 32.1. The fourth-order valence-corrected chi connectivity index (χ4v) is 2.58. The van der Waals surface area contributed by atoms with E-state index in [0.29, 0.717) is 11.3 Å². The van der Waals surface area contributed by atoms with E-state index in [-0.39, 0.29) is 13.2 Å². The number of nitrogens with zero attached hydrogens (tertiary/aromatic N) is 2. The van der Waals surface area contributed by atoms with Crippen molar-refractivity contribution in [1.82, 2.24) is 9.38 Å². The van der Waals surface area contributed by atoms with E-state index in [2.05, 4.69) is 4.98 Å². The van der Waals surface area contributed by atoms with Gasteiger partial charge in [-0.1, -0.05) is 0 Å². The predicted octanol–water partition coefficient (Wildman–Crippen LogP) is 2.71. The monoisotopic (exact) mass is 295 g/mol. The molecule has 7 heteroatoms. The number of ether oxygens (including phenoxy) is 1. The molecule has 4 nitrogen and oxygen atoms in total. The minimum absolute atomic E-state index is 0.00418. The van der Waals surface area contributed by atoms with E-state index in [4.69, 9.17) is 10.5 Å². The fourth-order valence-electron chi connectivity index (χ4n) is 1.86. The summed E-state index contributed by atoms with van der Waals surface area (Å²) in [5.41, 5.74) is 6.34. The molecule has 3 aromatic rings. The molecule has 0 amide bonds. The van der Waals surface area contributed by atoms with Crippen LogP contribution in [0.25, 0.3) is 4.96 Å². The van der Waals surface area contributed by atoms with Gasteiger partial charge in [-0.15, -0.1) is 11.3 Å². The Morgan fingerprint density at radius 3 is 2.70 bits per heavy atom. The van der Waals surface area contributed by atoms with E-state index in [1.54, 1.807) is 6.20 Å². The van der Waals surface area contributed by atoms with Gasteiger partial charge in [0.05, 0.1) is 5.69 Å². The van der Waals surface area contributed by atoms with Gasteiger partial charge in [0.25, 0.3) is 0 Å². The molecule has 1 aromatic carbocycles. The molecule has 0 saturated heterocycles. The molecule has 2 aromatic heterocycles. The summed E-state index contributed by atoms with van der Waals surface area (Å²) in [6.07, 6.45) is 3.61. The third-order valence-electron chi connectivity index (χ3n) is 2.80. The fraction of sp³-hybridized carbons (Fsp3) is 0.154. The van der Waals surface area contributed by atoms with Crippen molar-refractivity contribution in [1.29, 1.82) is 0 Å². The maximum absolute atomic E-state index is 13.7. The van der Waals surface area contributed by atoms with Gasteiger partial charge in [0.15, 0.2) is 22.3 Å². The number of thiazole rings is 1. The molecule has 3 rings (SSSR count). The van der Waals surface area contributed by atoms with Gasteiger partial charge < -0.3 is 10.5 Å². The van der Waals surface area contributed by atoms with Crippen molar-refractivity contribution >= 4 is 16.3 Å². The highest BCUT2D eigenvalue weighted by Crippen LogP contribution is 2.24. The van der Waals surface area contributed by atoms with Crippen molar-refractivity contribution in [3.63, 3.8) is 0 Å². The summed E-state index contributed by atoms with van der Waals surface area (Å²) in [4.78, 5) is 5.08. The standard InChI is InChI=1S/C13H11F2N3OS/c14-10-3-8(5-16)4-11(15)12(10)19-7-9-6-18-1-2-20-13(18)17-9/h1-4,6H,5,7,16H2. The first kappa shape index (κ1) is 13.0. The minimum atomic E-state index is -0.758. The maximum Gasteiger partial charge on any atom is 0.193 e. The smallest absolute Gasteiger partial charge is 0.193 e. The average Bonchev–Trinajstić information content (AvgIpc) is 2.98. The van der Waals surface area contributed by atoms with Crippen LogP contribution in [0.1, 0.15) is 11.3 Å². The van der Waals surface area contributed by atoms with Crippen LogP contribution in [0.4, 0.5) is 8.78 Å². The molecule has 0 radical (unpaired) electrons. The van der Waals surface area contributed by atoms with Crippen LogP contribution >= 0.6 is 11.3 Å². The highest BCUT2D eigenvalue weighted by Gasteiger charge is 2.13. The van der Waals surface area contributed by atoms with Gasteiger partial charge in [0.1, 0.15) is 6.61 Å². The zero-order valence-electron chi connectivity index (χ0n) is 10.3. The third-order valence-corrected chi connectivity index (χ3v) is 3.57. The van der Waals surface area contributed by atoms with Crippen molar-refractivity contribution in [2.24, 2.45) is 5.73 Å². The number of aromatic nitrogens is 2. The number of imidazole rings is 1. The summed E-state index contributed by atoms with van der Waals surface area (Å²) < 4.78 is 34.4. The van der Waals surface area contributed by atoms with Crippen LogP contribution in [-0.2, 0) is 13.2 Å². The molecule has 0 unspecified atom stereocenters. The summed E-state index contributed by atoms with van der Waals surface area (Å²) in [5, 5.41) is 1.90. The third kappa shape index (κ3) is 2.37. The molecule has 0 aliphatic carbocycles. The van der Waals surface area contributed by atoms with Crippen molar-refractivity contribution < 1.29 is 13.5 Å². The minimum Gasteiger partial charge on any atom is -0.481 e. The quantitative estimate of drug-likeness (QED) is 0.805.